The van der Waals surface area contributed by atoms with Crippen molar-refractivity contribution in [1.82, 2.24) is 4.98 Å². The van der Waals surface area contributed by atoms with E-state index in [2.05, 4.69) is 53.3 Å². The number of nitriles is 1. The minimum absolute atomic E-state index is 0.283. The molecule has 1 fully saturated rings. The van der Waals surface area contributed by atoms with E-state index in [9.17, 15) is 0 Å². The van der Waals surface area contributed by atoms with Gasteiger partial charge in [0.15, 0.2) is 0 Å². The lowest BCUT2D eigenvalue weighted by Crippen LogP contribution is -2.29. The summed E-state index contributed by atoms with van der Waals surface area (Å²) in [5.41, 5.74) is 2.30. The Bertz CT molecular complexity index is 622. The van der Waals surface area contributed by atoms with E-state index in [0.29, 0.717) is 5.56 Å². The summed E-state index contributed by atoms with van der Waals surface area (Å²) < 4.78 is 0. The van der Waals surface area contributed by atoms with Crippen LogP contribution in [0.2, 0.25) is 0 Å². The molecule has 3 rings (SSSR count). The van der Waals surface area contributed by atoms with Gasteiger partial charge < -0.3 is 4.90 Å². The van der Waals surface area contributed by atoms with Crippen molar-refractivity contribution < 1.29 is 0 Å². The second kappa shape index (κ2) is 4.97. The molecule has 100 valence electrons. The highest BCUT2D eigenvalue weighted by molar-refractivity contribution is 5.44. The maximum atomic E-state index is 8.81. The molecule has 0 unspecified atom stereocenters. The summed E-state index contributed by atoms with van der Waals surface area (Å²) in [5, 5.41) is 8.81. The van der Waals surface area contributed by atoms with Gasteiger partial charge in [-0.25, -0.2) is 4.98 Å². The van der Waals surface area contributed by atoms with E-state index in [-0.39, 0.29) is 5.41 Å². The number of rotatable bonds is 4. The quantitative estimate of drug-likeness (QED) is 0.851. The minimum atomic E-state index is 0.283. The summed E-state index contributed by atoms with van der Waals surface area (Å²) >= 11 is 0. The van der Waals surface area contributed by atoms with Crippen molar-refractivity contribution in [1.29, 1.82) is 5.26 Å². The van der Waals surface area contributed by atoms with Gasteiger partial charge in [-0.1, -0.05) is 30.3 Å². The Morgan fingerprint density at radius 2 is 1.95 bits per heavy atom. The fraction of sp³-hybridized carbons (Fsp3) is 0.294. The lowest BCUT2D eigenvalue weighted by Gasteiger charge is -2.25. The van der Waals surface area contributed by atoms with Crippen molar-refractivity contribution in [3.8, 4) is 6.07 Å². The van der Waals surface area contributed by atoms with Crippen molar-refractivity contribution in [3.63, 3.8) is 0 Å². The molecule has 2 aromatic rings. The zero-order chi connectivity index (χ0) is 14.0. The largest absolute Gasteiger partial charge is 0.359 e. The fourth-order valence-electron chi connectivity index (χ4n) is 2.69. The van der Waals surface area contributed by atoms with Crippen LogP contribution in [0.25, 0.3) is 0 Å². The highest BCUT2D eigenvalue weighted by Crippen LogP contribution is 2.48. The predicted octanol–water partition coefficient (Wildman–Crippen LogP) is 3.12. The molecule has 0 amide bonds. The first kappa shape index (κ1) is 12.7. The third kappa shape index (κ3) is 2.37. The lowest BCUT2D eigenvalue weighted by molar-refractivity contribution is 0.668. The molecule has 1 aromatic carbocycles. The Labute approximate surface area is 119 Å². The SMILES string of the molecule is CN(CC1(c2ccccc2)CC1)c1ccc(C#N)cn1. The number of aromatic nitrogens is 1. The van der Waals surface area contributed by atoms with Crippen molar-refractivity contribution in [3.05, 3.63) is 59.8 Å². The highest BCUT2D eigenvalue weighted by atomic mass is 15.2. The van der Waals surface area contributed by atoms with Gasteiger partial charge in [-0.05, 0) is 30.5 Å². The predicted molar refractivity (Wildman–Crippen MR) is 79.6 cm³/mol. The number of nitrogens with zero attached hydrogens (tertiary/aromatic N) is 3. The molecule has 0 bridgehead atoms. The summed E-state index contributed by atoms with van der Waals surface area (Å²) in [5.74, 6) is 0.922. The average Bonchev–Trinajstić information content (AvgIpc) is 3.29. The van der Waals surface area contributed by atoms with Gasteiger partial charge in [-0.15, -0.1) is 0 Å². The van der Waals surface area contributed by atoms with Crippen molar-refractivity contribution in [2.75, 3.05) is 18.5 Å². The summed E-state index contributed by atoms with van der Waals surface area (Å²) in [4.78, 5) is 6.54. The molecule has 0 aliphatic heterocycles. The second-order valence-corrected chi connectivity index (χ2v) is 5.52. The van der Waals surface area contributed by atoms with Gasteiger partial charge in [0.1, 0.15) is 11.9 Å². The van der Waals surface area contributed by atoms with Gasteiger partial charge >= 0.3 is 0 Å². The smallest absolute Gasteiger partial charge is 0.128 e. The molecule has 0 radical (unpaired) electrons. The summed E-state index contributed by atoms with van der Waals surface area (Å²) in [6.45, 7) is 0.968. The molecule has 20 heavy (non-hydrogen) atoms. The maximum Gasteiger partial charge on any atom is 0.128 e. The van der Waals surface area contributed by atoms with Crippen LogP contribution >= 0.6 is 0 Å². The van der Waals surface area contributed by atoms with Crippen LogP contribution in [0.15, 0.2) is 48.7 Å². The number of benzene rings is 1. The van der Waals surface area contributed by atoms with E-state index in [1.807, 2.05) is 12.1 Å². The van der Waals surface area contributed by atoms with Crippen molar-refractivity contribution >= 4 is 5.82 Å². The Morgan fingerprint density at radius 3 is 2.50 bits per heavy atom. The van der Waals surface area contributed by atoms with Crippen LogP contribution in [0, 0.1) is 11.3 Å². The van der Waals surface area contributed by atoms with Crippen molar-refractivity contribution in [2.45, 2.75) is 18.3 Å². The third-order valence-electron chi connectivity index (χ3n) is 4.05. The standard InChI is InChI=1S/C17H17N3/c1-20(16-8-7-14(11-18)12-19-16)13-17(9-10-17)15-5-3-2-4-6-15/h2-8,12H,9-10,13H2,1H3. The first-order chi connectivity index (χ1) is 9.73. The minimum Gasteiger partial charge on any atom is -0.359 e. The Hall–Kier alpha value is -2.34. The number of hydrogen-bond donors (Lipinski definition) is 0. The van der Waals surface area contributed by atoms with Crippen LogP contribution in [0.1, 0.15) is 24.0 Å². The second-order valence-electron chi connectivity index (χ2n) is 5.52. The van der Waals surface area contributed by atoms with Gasteiger partial charge in [0.05, 0.1) is 5.56 Å². The van der Waals surface area contributed by atoms with Crippen LogP contribution in [0.3, 0.4) is 0 Å². The topological polar surface area (TPSA) is 39.9 Å². The highest BCUT2D eigenvalue weighted by Gasteiger charge is 2.45. The van der Waals surface area contributed by atoms with Crippen LogP contribution in [0.4, 0.5) is 5.82 Å². The Morgan fingerprint density at radius 1 is 1.20 bits per heavy atom. The summed E-state index contributed by atoms with van der Waals surface area (Å²) in [6, 6.07) is 16.5. The van der Waals surface area contributed by atoms with Gasteiger partial charge in [-0.2, -0.15) is 5.26 Å². The molecular weight excluding hydrogens is 246 g/mol. The number of pyridine rings is 1. The molecule has 1 saturated carbocycles. The summed E-state index contributed by atoms with van der Waals surface area (Å²) in [6.07, 6.45) is 4.10. The van der Waals surface area contributed by atoms with E-state index < -0.39 is 0 Å². The third-order valence-corrected chi connectivity index (χ3v) is 4.05. The molecule has 1 aliphatic carbocycles. The number of likely N-dealkylation sites (N-methyl/N-ethyl adjacent to an activating group) is 1. The zero-order valence-corrected chi connectivity index (χ0v) is 11.6. The average molecular weight is 263 g/mol. The normalized spacial score (nSPS) is 15.4. The summed E-state index contributed by atoms with van der Waals surface area (Å²) in [7, 11) is 2.07. The Kier molecular flexibility index (Phi) is 3.15. The molecule has 1 aliphatic rings. The molecule has 3 nitrogen and oxygen atoms in total. The van der Waals surface area contributed by atoms with E-state index in [1.165, 1.54) is 18.4 Å². The fourth-order valence-corrected chi connectivity index (χ4v) is 2.69. The van der Waals surface area contributed by atoms with Gasteiger partial charge in [0.2, 0.25) is 0 Å². The molecule has 3 heteroatoms. The van der Waals surface area contributed by atoms with Crippen LogP contribution in [-0.2, 0) is 5.41 Å². The molecule has 1 heterocycles. The Balaban J connectivity index is 1.76. The molecule has 0 atom stereocenters. The molecule has 0 spiro atoms. The maximum absolute atomic E-state index is 8.81. The van der Waals surface area contributed by atoms with E-state index in [0.717, 1.165) is 12.4 Å². The molecule has 0 saturated heterocycles. The van der Waals surface area contributed by atoms with Crippen LogP contribution in [-0.4, -0.2) is 18.6 Å². The van der Waals surface area contributed by atoms with Crippen LogP contribution < -0.4 is 4.90 Å². The molecular formula is C17H17N3. The molecule has 1 aromatic heterocycles. The van der Waals surface area contributed by atoms with E-state index in [4.69, 9.17) is 5.26 Å². The van der Waals surface area contributed by atoms with Gasteiger partial charge in [0, 0.05) is 25.2 Å². The van der Waals surface area contributed by atoms with Gasteiger partial charge in [-0.3, -0.25) is 0 Å². The first-order valence-electron chi connectivity index (χ1n) is 6.86. The number of hydrogen-bond acceptors (Lipinski definition) is 3. The first-order valence-corrected chi connectivity index (χ1v) is 6.86. The van der Waals surface area contributed by atoms with E-state index in [1.54, 1.807) is 6.20 Å². The van der Waals surface area contributed by atoms with Crippen molar-refractivity contribution in [2.24, 2.45) is 0 Å². The zero-order valence-electron chi connectivity index (χ0n) is 11.6. The van der Waals surface area contributed by atoms with Gasteiger partial charge in [0.25, 0.3) is 0 Å². The lowest BCUT2D eigenvalue weighted by atomic mass is 9.95. The monoisotopic (exact) mass is 263 g/mol. The van der Waals surface area contributed by atoms with Crippen LogP contribution in [0.5, 0.6) is 0 Å². The molecule has 0 N–H and O–H groups in total. The number of anilines is 1. The van der Waals surface area contributed by atoms with E-state index >= 15 is 0 Å².